The SMILES string of the molecule is Cc1cccc(-n2nc(Br)c3c2CNC3)c1. The Morgan fingerprint density at radius 2 is 2.25 bits per heavy atom. The molecule has 0 atom stereocenters. The number of aryl methyl sites for hydroxylation is 1. The van der Waals surface area contributed by atoms with E-state index >= 15 is 0 Å². The molecule has 3 nitrogen and oxygen atoms in total. The standard InChI is InChI=1S/C12H12BrN3/c1-8-3-2-4-9(5-8)16-11-7-14-6-10(11)12(13)15-16/h2-5,14H,6-7H2,1H3. The molecule has 4 heteroatoms. The van der Waals surface area contributed by atoms with Gasteiger partial charge in [0.2, 0.25) is 0 Å². The quantitative estimate of drug-likeness (QED) is 0.868. The van der Waals surface area contributed by atoms with Crippen LogP contribution < -0.4 is 5.32 Å². The molecule has 2 aromatic rings. The first kappa shape index (κ1) is 10.1. The predicted molar refractivity (Wildman–Crippen MR) is 66.5 cm³/mol. The fourth-order valence-corrected chi connectivity index (χ4v) is 2.62. The van der Waals surface area contributed by atoms with Gasteiger partial charge in [-0.3, -0.25) is 0 Å². The average molecular weight is 278 g/mol. The Morgan fingerprint density at radius 3 is 3.06 bits per heavy atom. The van der Waals surface area contributed by atoms with Crippen LogP contribution in [-0.4, -0.2) is 9.78 Å². The summed E-state index contributed by atoms with van der Waals surface area (Å²) < 4.78 is 2.97. The topological polar surface area (TPSA) is 29.9 Å². The summed E-state index contributed by atoms with van der Waals surface area (Å²) >= 11 is 3.51. The zero-order chi connectivity index (χ0) is 11.1. The number of rotatable bonds is 1. The maximum atomic E-state index is 4.54. The molecule has 3 rings (SSSR count). The van der Waals surface area contributed by atoms with Gasteiger partial charge in [-0.05, 0) is 40.5 Å². The van der Waals surface area contributed by atoms with Gasteiger partial charge in [0.1, 0.15) is 4.60 Å². The minimum absolute atomic E-state index is 0.891. The lowest BCUT2D eigenvalue weighted by Gasteiger charge is -2.05. The summed E-state index contributed by atoms with van der Waals surface area (Å²) in [5.41, 5.74) is 4.92. The van der Waals surface area contributed by atoms with Crippen LogP contribution in [-0.2, 0) is 13.1 Å². The van der Waals surface area contributed by atoms with Gasteiger partial charge >= 0.3 is 0 Å². The Hall–Kier alpha value is -1.13. The van der Waals surface area contributed by atoms with Crippen LogP contribution >= 0.6 is 15.9 Å². The minimum atomic E-state index is 0.891. The van der Waals surface area contributed by atoms with Gasteiger partial charge in [0, 0.05) is 18.7 Å². The summed E-state index contributed by atoms with van der Waals surface area (Å²) in [5, 5.41) is 7.88. The molecule has 16 heavy (non-hydrogen) atoms. The number of hydrogen-bond acceptors (Lipinski definition) is 2. The molecule has 0 aliphatic carbocycles. The van der Waals surface area contributed by atoms with Crippen molar-refractivity contribution in [3.63, 3.8) is 0 Å². The van der Waals surface area contributed by atoms with Gasteiger partial charge in [-0.25, -0.2) is 4.68 Å². The zero-order valence-electron chi connectivity index (χ0n) is 9.00. The van der Waals surface area contributed by atoms with Crippen molar-refractivity contribution in [3.05, 3.63) is 45.7 Å². The second-order valence-corrected chi connectivity index (χ2v) is 4.82. The first-order valence-corrected chi connectivity index (χ1v) is 6.09. The molecule has 1 N–H and O–H groups in total. The summed E-state index contributed by atoms with van der Waals surface area (Å²) in [6.07, 6.45) is 0. The molecule has 1 aliphatic heterocycles. The third-order valence-corrected chi connectivity index (χ3v) is 3.52. The lowest BCUT2D eigenvalue weighted by Crippen LogP contribution is -2.07. The summed E-state index contributed by atoms with van der Waals surface area (Å²) in [7, 11) is 0. The Morgan fingerprint density at radius 1 is 1.38 bits per heavy atom. The maximum absolute atomic E-state index is 4.54. The van der Waals surface area contributed by atoms with Crippen molar-refractivity contribution < 1.29 is 0 Å². The van der Waals surface area contributed by atoms with Gasteiger partial charge in [-0.2, -0.15) is 5.10 Å². The van der Waals surface area contributed by atoms with Crippen LogP contribution in [0, 0.1) is 6.92 Å². The molecule has 0 saturated heterocycles. The molecule has 1 aromatic heterocycles. The lowest BCUT2D eigenvalue weighted by atomic mass is 10.2. The van der Waals surface area contributed by atoms with Crippen molar-refractivity contribution >= 4 is 15.9 Å². The molecular weight excluding hydrogens is 266 g/mol. The number of nitrogens with one attached hydrogen (secondary N) is 1. The third-order valence-electron chi connectivity index (χ3n) is 2.88. The number of halogens is 1. The molecule has 1 aliphatic rings. The van der Waals surface area contributed by atoms with Gasteiger partial charge in [0.15, 0.2) is 0 Å². The fraction of sp³-hybridized carbons (Fsp3) is 0.250. The zero-order valence-corrected chi connectivity index (χ0v) is 10.6. The molecule has 0 fully saturated rings. The number of aromatic nitrogens is 2. The van der Waals surface area contributed by atoms with Crippen LogP contribution in [0.4, 0.5) is 0 Å². The fourth-order valence-electron chi connectivity index (χ4n) is 2.09. The van der Waals surface area contributed by atoms with Gasteiger partial charge in [0.05, 0.1) is 11.4 Å². The van der Waals surface area contributed by atoms with Gasteiger partial charge in [-0.1, -0.05) is 12.1 Å². The van der Waals surface area contributed by atoms with E-state index in [0.29, 0.717) is 0 Å². The van der Waals surface area contributed by atoms with E-state index in [0.717, 1.165) is 23.4 Å². The molecule has 0 bridgehead atoms. The minimum Gasteiger partial charge on any atom is -0.307 e. The van der Waals surface area contributed by atoms with Crippen molar-refractivity contribution in [2.45, 2.75) is 20.0 Å². The van der Waals surface area contributed by atoms with Crippen LogP contribution in [0.1, 0.15) is 16.8 Å². The maximum Gasteiger partial charge on any atom is 0.133 e. The van der Waals surface area contributed by atoms with E-state index in [4.69, 9.17) is 0 Å². The van der Waals surface area contributed by atoms with E-state index in [1.165, 1.54) is 16.8 Å². The number of nitrogens with zero attached hydrogens (tertiary/aromatic N) is 2. The summed E-state index contributed by atoms with van der Waals surface area (Å²) in [6.45, 7) is 3.89. The van der Waals surface area contributed by atoms with E-state index in [1.54, 1.807) is 0 Å². The molecule has 82 valence electrons. The average Bonchev–Trinajstić information content (AvgIpc) is 2.83. The van der Waals surface area contributed by atoms with Crippen LogP contribution in [0.5, 0.6) is 0 Å². The van der Waals surface area contributed by atoms with Crippen molar-refractivity contribution in [3.8, 4) is 5.69 Å². The second-order valence-electron chi connectivity index (χ2n) is 4.07. The van der Waals surface area contributed by atoms with E-state index in [1.807, 2.05) is 4.68 Å². The predicted octanol–water partition coefficient (Wildman–Crippen LogP) is 2.55. The van der Waals surface area contributed by atoms with Crippen molar-refractivity contribution in [1.29, 1.82) is 0 Å². The number of fused-ring (bicyclic) bond motifs is 1. The van der Waals surface area contributed by atoms with E-state index in [2.05, 4.69) is 57.5 Å². The molecule has 0 amide bonds. The van der Waals surface area contributed by atoms with E-state index in [-0.39, 0.29) is 0 Å². The smallest absolute Gasteiger partial charge is 0.133 e. The Bertz CT molecular complexity index is 545. The highest BCUT2D eigenvalue weighted by atomic mass is 79.9. The molecular formula is C12H12BrN3. The van der Waals surface area contributed by atoms with Crippen LogP contribution in [0.3, 0.4) is 0 Å². The number of hydrogen-bond donors (Lipinski definition) is 1. The highest BCUT2D eigenvalue weighted by Gasteiger charge is 2.21. The van der Waals surface area contributed by atoms with E-state index in [9.17, 15) is 0 Å². The molecule has 0 unspecified atom stereocenters. The number of benzene rings is 1. The molecule has 2 heterocycles. The second kappa shape index (κ2) is 3.71. The van der Waals surface area contributed by atoms with E-state index < -0.39 is 0 Å². The summed E-state index contributed by atoms with van der Waals surface area (Å²) in [5.74, 6) is 0. The van der Waals surface area contributed by atoms with Crippen molar-refractivity contribution in [2.24, 2.45) is 0 Å². The van der Waals surface area contributed by atoms with Gasteiger partial charge in [0.25, 0.3) is 0 Å². The Labute approximate surface area is 103 Å². The lowest BCUT2D eigenvalue weighted by molar-refractivity contribution is 0.706. The summed E-state index contributed by atoms with van der Waals surface area (Å²) in [6, 6.07) is 8.40. The Kier molecular flexibility index (Phi) is 2.33. The molecule has 0 spiro atoms. The summed E-state index contributed by atoms with van der Waals surface area (Å²) in [4.78, 5) is 0. The monoisotopic (exact) mass is 277 g/mol. The largest absolute Gasteiger partial charge is 0.307 e. The normalized spacial score (nSPS) is 14.1. The highest BCUT2D eigenvalue weighted by molar-refractivity contribution is 9.10. The van der Waals surface area contributed by atoms with Gasteiger partial charge in [-0.15, -0.1) is 0 Å². The van der Waals surface area contributed by atoms with Crippen LogP contribution in [0.25, 0.3) is 5.69 Å². The van der Waals surface area contributed by atoms with Gasteiger partial charge < -0.3 is 5.32 Å². The highest BCUT2D eigenvalue weighted by Crippen LogP contribution is 2.26. The molecule has 0 saturated carbocycles. The molecule has 0 radical (unpaired) electrons. The molecule has 1 aromatic carbocycles. The van der Waals surface area contributed by atoms with Crippen LogP contribution in [0.2, 0.25) is 0 Å². The van der Waals surface area contributed by atoms with Crippen molar-refractivity contribution in [1.82, 2.24) is 15.1 Å². The first-order valence-electron chi connectivity index (χ1n) is 5.30. The van der Waals surface area contributed by atoms with Crippen molar-refractivity contribution in [2.75, 3.05) is 0 Å². The van der Waals surface area contributed by atoms with Crippen LogP contribution in [0.15, 0.2) is 28.9 Å². The third kappa shape index (κ3) is 1.49. The first-order chi connectivity index (χ1) is 7.75. The Balaban J connectivity index is 2.17.